The number of fused-ring (bicyclic) bond motifs is 1. The van der Waals surface area contributed by atoms with Gasteiger partial charge < -0.3 is 10.2 Å². The Hall–Kier alpha value is -3.06. The first-order valence-corrected chi connectivity index (χ1v) is 13.2. The second kappa shape index (κ2) is 13.0. The minimum absolute atomic E-state index is 0.150. The summed E-state index contributed by atoms with van der Waals surface area (Å²) < 4.78 is 30.5. The summed E-state index contributed by atoms with van der Waals surface area (Å²) in [6, 6.07) is 8.31. The lowest BCUT2D eigenvalue weighted by Gasteiger charge is -2.19. The number of aryl methyl sites for hydroxylation is 2. The Morgan fingerprint density at radius 1 is 1.08 bits per heavy atom. The number of hydrogen-bond donors (Lipinski definition) is 1. The van der Waals surface area contributed by atoms with Crippen molar-refractivity contribution in [2.45, 2.75) is 64.7 Å². The Morgan fingerprint density at radius 2 is 1.86 bits per heavy atom. The van der Waals surface area contributed by atoms with Crippen molar-refractivity contribution in [1.29, 1.82) is 0 Å². The highest BCUT2D eigenvalue weighted by molar-refractivity contribution is 5.80. The largest absolute Gasteiger partial charge is 0.331 e. The zero-order valence-corrected chi connectivity index (χ0v) is 22.6. The van der Waals surface area contributed by atoms with Crippen molar-refractivity contribution in [1.82, 2.24) is 19.9 Å². The van der Waals surface area contributed by atoms with Crippen molar-refractivity contribution in [2.75, 3.05) is 25.0 Å². The number of pyridine rings is 2. The summed E-state index contributed by atoms with van der Waals surface area (Å²) in [6.07, 6.45) is 7.72. The molecule has 200 valence electrons. The predicted molar refractivity (Wildman–Crippen MR) is 151 cm³/mol. The second-order valence-electron chi connectivity index (χ2n) is 10.1. The van der Waals surface area contributed by atoms with Gasteiger partial charge in [-0.25, -0.2) is 18.7 Å². The SMILES string of the molecule is C=C.C=C1CCCN1c1ccc(-n2c(CCC(C)C)cc3cc(CCC(F)(F)CCNC)cnc32)cn1. The van der Waals surface area contributed by atoms with Gasteiger partial charge >= 0.3 is 0 Å². The monoisotopic (exact) mass is 509 g/mol. The van der Waals surface area contributed by atoms with Crippen LogP contribution in [0.3, 0.4) is 0 Å². The van der Waals surface area contributed by atoms with Crippen LogP contribution in [0.4, 0.5) is 14.6 Å². The van der Waals surface area contributed by atoms with Crippen LogP contribution in [0, 0.1) is 5.92 Å². The van der Waals surface area contributed by atoms with Gasteiger partial charge in [0.15, 0.2) is 0 Å². The third kappa shape index (κ3) is 7.25. The number of rotatable bonds is 11. The average molecular weight is 510 g/mol. The number of nitrogens with zero attached hydrogens (tertiary/aromatic N) is 4. The molecule has 0 aromatic carbocycles. The van der Waals surface area contributed by atoms with E-state index in [4.69, 9.17) is 9.97 Å². The van der Waals surface area contributed by atoms with Gasteiger partial charge in [0.25, 0.3) is 0 Å². The van der Waals surface area contributed by atoms with E-state index < -0.39 is 5.92 Å². The topological polar surface area (TPSA) is 46.0 Å². The van der Waals surface area contributed by atoms with Crippen LogP contribution in [0.5, 0.6) is 0 Å². The maximum atomic E-state index is 14.2. The van der Waals surface area contributed by atoms with E-state index in [-0.39, 0.29) is 12.8 Å². The molecule has 3 aromatic rings. The summed E-state index contributed by atoms with van der Waals surface area (Å²) in [4.78, 5) is 11.6. The number of hydrogen-bond acceptors (Lipinski definition) is 4. The lowest BCUT2D eigenvalue weighted by Crippen LogP contribution is -2.23. The van der Waals surface area contributed by atoms with Gasteiger partial charge in [0.2, 0.25) is 5.92 Å². The highest BCUT2D eigenvalue weighted by Crippen LogP contribution is 2.30. The van der Waals surface area contributed by atoms with Gasteiger partial charge in [-0.05, 0) is 74.9 Å². The van der Waals surface area contributed by atoms with Gasteiger partial charge in [0.05, 0.1) is 11.9 Å². The smallest absolute Gasteiger partial charge is 0.249 e. The van der Waals surface area contributed by atoms with Crippen molar-refractivity contribution in [3.63, 3.8) is 0 Å². The van der Waals surface area contributed by atoms with Gasteiger partial charge in [-0.2, -0.15) is 0 Å². The summed E-state index contributed by atoms with van der Waals surface area (Å²) in [5.41, 5.74) is 4.92. The van der Waals surface area contributed by atoms with E-state index in [9.17, 15) is 8.78 Å². The highest BCUT2D eigenvalue weighted by Gasteiger charge is 2.27. The molecule has 5 nitrogen and oxygen atoms in total. The number of anilines is 1. The van der Waals surface area contributed by atoms with Gasteiger partial charge in [0, 0.05) is 48.9 Å². The van der Waals surface area contributed by atoms with E-state index in [0.717, 1.165) is 71.7 Å². The van der Waals surface area contributed by atoms with Gasteiger partial charge in [-0.1, -0.05) is 20.4 Å². The molecule has 4 rings (SSSR count). The Balaban J connectivity index is 0.00000186. The van der Waals surface area contributed by atoms with Crippen LogP contribution in [0.25, 0.3) is 16.7 Å². The molecule has 0 radical (unpaired) electrons. The van der Waals surface area contributed by atoms with Gasteiger partial charge in [-0.3, -0.25) is 4.57 Å². The van der Waals surface area contributed by atoms with Crippen LogP contribution in [0.15, 0.2) is 62.1 Å². The Kier molecular flexibility index (Phi) is 9.98. The molecule has 37 heavy (non-hydrogen) atoms. The minimum atomic E-state index is -2.68. The third-order valence-electron chi connectivity index (χ3n) is 6.77. The molecule has 1 aliphatic rings. The Labute approximate surface area is 220 Å². The molecular weight excluding hydrogens is 468 g/mol. The molecule has 0 unspecified atom stereocenters. The summed E-state index contributed by atoms with van der Waals surface area (Å²) in [7, 11) is 1.70. The molecule has 0 aliphatic carbocycles. The van der Waals surface area contributed by atoms with Crippen molar-refractivity contribution in [3.05, 3.63) is 73.4 Å². The predicted octanol–water partition coefficient (Wildman–Crippen LogP) is 7.10. The van der Waals surface area contributed by atoms with E-state index >= 15 is 0 Å². The first kappa shape index (κ1) is 28.5. The molecule has 7 heteroatoms. The molecule has 1 aliphatic heterocycles. The number of aromatic nitrogens is 3. The molecule has 4 heterocycles. The molecule has 0 bridgehead atoms. The molecular formula is C30H41F2N5. The first-order valence-electron chi connectivity index (χ1n) is 13.2. The van der Waals surface area contributed by atoms with E-state index in [1.54, 1.807) is 13.2 Å². The fraction of sp³-hybridized carbons (Fsp3) is 0.467. The van der Waals surface area contributed by atoms with Crippen LogP contribution in [-0.2, 0) is 12.8 Å². The molecule has 0 saturated carbocycles. The first-order chi connectivity index (χ1) is 17.8. The van der Waals surface area contributed by atoms with Crippen LogP contribution < -0.4 is 10.2 Å². The summed E-state index contributed by atoms with van der Waals surface area (Å²) in [5.74, 6) is -1.18. The van der Waals surface area contributed by atoms with Crippen LogP contribution >= 0.6 is 0 Å². The zero-order valence-electron chi connectivity index (χ0n) is 22.6. The molecule has 1 saturated heterocycles. The number of halogens is 2. The zero-order chi connectivity index (χ0) is 27.0. The molecule has 1 N–H and O–H groups in total. The average Bonchev–Trinajstić information content (AvgIpc) is 3.49. The molecule has 3 aromatic heterocycles. The maximum Gasteiger partial charge on any atom is 0.249 e. The molecule has 0 atom stereocenters. The molecule has 1 fully saturated rings. The quantitative estimate of drug-likeness (QED) is 0.280. The lowest BCUT2D eigenvalue weighted by atomic mass is 10.0. The summed E-state index contributed by atoms with van der Waals surface area (Å²) in [5, 5.41) is 3.79. The normalized spacial score (nSPS) is 13.9. The standard InChI is InChI=1S/C28H37F2N5.C2H4/c1-20(2)7-8-24-17-23-16-22(11-12-28(29,30)13-14-31-4)18-33-27(23)35(24)25-9-10-26(32-19-25)34-15-5-6-21(34)3;1-2/h9-10,16-20,31H,3,5-8,11-15H2,1-2,4H3;1-2H2. The highest BCUT2D eigenvalue weighted by atomic mass is 19.3. The Morgan fingerprint density at radius 3 is 2.49 bits per heavy atom. The van der Waals surface area contributed by atoms with E-state index in [1.165, 1.54) is 0 Å². The summed E-state index contributed by atoms with van der Waals surface area (Å²) in [6.45, 7) is 15.9. The van der Waals surface area contributed by atoms with E-state index in [0.29, 0.717) is 18.9 Å². The van der Waals surface area contributed by atoms with Crippen LogP contribution in [0.1, 0.15) is 57.2 Å². The third-order valence-corrected chi connectivity index (χ3v) is 6.77. The van der Waals surface area contributed by atoms with Gasteiger partial charge in [-0.15, -0.1) is 13.2 Å². The van der Waals surface area contributed by atoms with Crippen LogP contribution in [0.2, 0.25) is 0 Å². The number of alkyl halides is 2. The second-order valence-corrected chi connectivity index (χ2v) is 10.1. The van der Waals surface area contributed by atoms with Crippen molar-refractivity contribution in [2.24, 2.45) is 5.92 Å². The van der Waals surface area contributed by atoms with Gasteiger partial charge in [0.1, 0.15) is 11.5 Å². The van der Waals surface area contributed by atoms with E-state index in [2.05, 4.69) is 60.5 Å². The molecule has 0 spiro atoms. The fourth-order valence-electron chi connectivity index (χ4n) is 4.68. The van der Waals surface area contributed by atoms with Crippen molar-refractivity contribution in [3.8, 4) is 5.69 Å². The van der Waals surface area contributed by atoms with Crippen molar-refractivity contribution < 1.29 is 8.78 Å². The van der Waals surface area contributed by atoms with Crippen molar-refractivity contribution >= 4 is 16.9 Å². The lowest BCUT2D eigenvalue weighted by molar-refractivity contribution is -0.0148. The van der Waals surface area contributed by atoms with Crippen LogP contribution in [-0.4, -0.2) is 40.6 Å². The minimum Gasteiger partial charge on any atom is -0.331 e. The Bertz CT molecular complexity index is 1170. The number of nitrogens with one attached hydrogen (secondary N) is 1. The summed E-state index contributed by atoms with van der Waals surface area (Å²) >= 11 is 0. The fourth-order valence-corrected chi connectivity index (χ4v) is 4.68. The maximum absolute atomic E-state index is 14.2. The molecule has 0 amide bonds. The van der Waals surface area contributed by atoms with E-state index in [1.807, 2.05) is 18.3 Å². The number of allylic oxidation sites excluding steroid dienone is 1.